The van der Waals surface area contributed by atoms with Gasteiger partial charge in [-0.25, -0.2) is 0 Å². The third kappa shape index (κ3) is 12.5. The van der Waals surface area contributed by atoms with Crippen LogP contribution in [0.2, 0.25) is 6.04 Å². The minimum absolute atomic E-state index is 0.220. The summed E-state index contributed by atoms with van der Waals surface area (Å²) in [4.78, 5) is 0. The number of unbranched alkanes of at least 4 members (excludes halogenated alkanes) is 1. The van der Waals surface area contributed by atoms with Gasteiger partial charge in [-0.1, -0.05) is 13.3 Å². The Balaban J connectivity index is 2.76. The molecule has 0 unspecified atom stereocenters. The number of hydrogen-bond acceptors (Lipinski definition) is 3. The molecule has 0 aliphatic rings. The summed E-state index contributed by atoms with van der Waals surface area (Å²) in [6, 6.07) is 1.30. The molecular weight excluding hydrogens is 214 g/mol. The Morgan fingerprint density at radius 2 is 2.08 bits per heavy atom. The summed E-state index contributed by atoms with van der Waals surface area (Å²) >= 11 is 0. The fraction of sp³-hybridized carbons (Fsp3) is 1.00. The summed E-state index contributed by atoms with van der Waals surface area (Å²) in [5.74, 6) is 0. The van der Waals surface area contributed by atoms with E-state index in [4.69, 9.17) is 8.23 Å². The van der Waals surface area contributed by atoms with Gasteiger partial charge in [0.2, 0.25) is 0 Å². The molecule has 0 aromatic heterocycles. The summed E-state index contributed by atoms with van der Waals surface area (Å²) in [6.07, 6.45) is 3.87. The molecular formula is C7H23NO2Si3. The van der Waals surface area contributed by atoms with E-state index in [2.05, 4.69) is 12.2 Å². The maximum Gasteiger partial charge on any atom is 0.282 e. The molecule has 0 aromatic rings. The van der Waals surface area contributed by atoms with E-state index in [1.54, 1.807) is 0 Å². The standard InChI is InChI=1S/C7H23NO2Si3/c1-2-3-5-8-6-4-7-12-10-13-9-11/h8H,2-7,12-13H2,1,11H3. The molecule has 0 amide bonds. The quantitative estimate of drug-likeness (QED) is 0.374. The molecule has 0 heterocycles. The molecule has 80 valence electrons. The van der Waals surface area contributed by atoms with Crippen LogP contribution in [0.15, 0.2) is 0 Å². The zero-order valence-corrected chi connectivity index (χ0v) is 13.8. The van der Waals surface area contributed by atoms with Gasteiger partial charge in [-0.2, -0.15) is 0 Å². The van der Waals surface area contributed by atoms with Crippen molar-refractivity contribution in [3.8, 4) is 0 Å². The highest BCUT2D eigenvalue weighted by Gasteiger charge is 1.90. The molecule has 0 radical (unpaired) electrons. The first-order chi connectivity index (χ1) is 6.41. The summed E-state index contributed by atoms with van der Waals surface area (Å²) in [5, 5.41) is 3.43. The Morgan fingerprint density at radius 3 is 2.77 bits per heavy atom. The van der Waals surface area contributed by atoms with Crippen molar-refractivity contribution in [3.05, 3.63) is 0 Å². The summed E-state index contributed by atoms with van der Waals surface area (Å²) in [6.45, 7) is 4.57. The van der Waals surface area contributed by atoms with Crippen LogP contribution in [-0.2, 0) is 8.23 Å². The highest BCUT2D eigenvalue weighted by Crippen LogP contribution is 1.88. The molecule has 0 saturated heterocycles. The van der Waals surface area contributed by atoms with Crippen molar-refractivity contribution in [2.45, 2.75) is 32.2 Å². The van der Waals surface area contributed by atoms with E-state index in [0.29, 0.717) is 0 Å². The van der Waals surface area contributed by atoms with Gasteiger partial charge in [-0.15, -0.1) is 0 Å². The lowest BCUT2D eigenvalue weighted by Crippen LogP contribution is -2.17. The van der Waals surface area contributed by atoms with Gasteiger partial charge in [0.05, 0.1) is 0 Å². The lowest BCUT2D eigenvalue weighted by Gasteiger charge is -2.03. The fourth-order valence-electron chi connectivity index (χ4n) is 1.02. The van der Waals surface area contributed by atoms with Crippen molar-refractivity contribution >= 4 is 30.3 Å². The summed E-state index contributed by atoms with van der Waals surface area (Å²) in [7, 11) is 0.113. The first kappa shape index (κ1) is 13.5. The van der Waals surface area contributed by atoms with Crippen molar-refractivity contribution in [2.75, 3.05) is 13.1 Å². The van der Waals surface area contributed by atoms with Crippen LogP contribution in [0.1, 0.15) is 26.2 Å². The van der Waals surface area contributed by atoms with Crippen LogP contribution >= 0.6 is 0 Å². The van der Waals surface area contributed by atoms with Crippen LogP contribution < -0.4 is 5.32 Å². The molecule has 0 rings (SSSR count). The van der Waals surface area contributed by atoms with Gasteiger partial charge in [0.1, 0.15) is 20.2 Å². The summed E-state index contributed by atoms with van der Waals surface area (Å²) in [5.41, 5.74) is 0. The normalized spacial score (nSPS) is 12.7. The number of rotatable bonds is 10. The van der Waals surface area contributed by atoms with E-state index in [9.17, 15) is 0 Å². The number of nitrogens with one attached hydrogen (secondary N) is 1. The lowest BCUT2D eigenvalue weighted by atomic mass is 10.3. The molecule has 0 saturated carbocycles. The average Bonchev–Trinajstić information content (AvgIpc) is 2.16. The second kappa shape index (κ2) is 12.5. The molecule has 0 atom stereocenters. The molecule has 0 bridgehead atoms. The van der Waals surface area contributed by atoms with Crippen LogP contribution in [0.25, 0.3) is 0 Å². The largest absolute Gasteiger partial charge is 0.449 e. The molecule has 3 nitrogen and oxygen atoms in total. The first-order valence-corrected chi connectivity index (χ1v) is 8.74. The number of hydrogen-bond donors (Lipinski definition) is 1. The highest BCUT2D eigenvalue weighted by molar-refractivity contribution is 6.41. The Morgan fingerprint density at radius 1 is 1.31 bits per heavy atom. The molecule has 13 heavy (non-hydrogen) atoms. The van der Waals surface area contributed by atoms with Gasteiger partial charge in [0.25, 0.3) is 10.0 Å². The Labute approximate surface area is 89.5 Å². The zero-order valence-electron chi connectivity index (χ0n) is 8.97. The van der Waals surface area contributed by atoms with Crippen molar-refractivity contribution in [1.82, 2.24) is 5.32 Å². The van der Waals surface area contributed by atoms with Crippen molar-refractivity contribution in [1.29, 1.82) is 0 Å². The maximum atomic E-state index is 5.47. The van der Waals surface area contributed by atoms with Crippen LogP contribution in [0.5, 0.6) is 0 Å². The Bertz CT molecular complexity index is 87.8. The van der Waals surface area contributed by atoms with Crippen molar-refractivity contribution in [3.63, 3.8) is 0 Å². The van der Waals surface area contributed by atoms with Gasteiger partial charge in [0, 0.05) is 0 Å². The van der Waals surface area contributed by atoms with E-state index in [1.807, 2.05) is 0 Å². The van der Waals surface area contributed by atoms with E-state index in [-0.39, 0.29) is 9.76 Å². The van der Waals surface area contributed by atoms with E-state index in [0.717, 1.165) is 10.5 Å². The SMILES string of the molecule is CCCCNCCC[SiH2]O[SiH2]O[SiH3]. The topological polar surface area (TPSA) is 30.5 Å². The Hall–Kier alpha value is 0.531. The minimum atomic E-state index is -0.523. The molecule has 0 aromatic carbocycles. The van der Waals surface area contributed by atoms with Crippen molar-refractivity contribution < 1.29 is 8.23 Å². The monoisotopic (exact) mass is 237 g/mol. The van der Waals surface area contributed by atoms with E-state index >= 15 is 0 Å². The van der Waals surface area contributed by atoms with Crippen LogP contribution in [0.4, 0.5) is 0 Å². The lowest BCUT2D eigenvalue weighted by molar-refractivity contribution is 0.499. The van der Waals surface area contributed by atoms with Gasteiger partial charge in [-0.3, -0.25) is 0 Å². The predicted octanol–water partition coefficient (Wildman–Crippen LogP) is -1.42. The molecule has 1 N–H and O–H groups in total. The molecule has 0 aliphatic carbocycles. The maximum absolute atomic E-state index is 5.47. The Kier molecular flexibility index (Phi) is 13.0. The second-order valence-electron chi connectivity index (χ2n) is 3.13. The smallest absolute Gasteiger partial charge is 0.282 e. The predicted molar refractivity (Wildman–Crippen MR) is 66.4 cm³/mol. The molecule has 6 heteroatoms. The van der Waals surface area contributed by atoms with Crippen molar-refractivity contribution in [2.24, 2.45) is 0 Å². The van der Waals surface area contributed by atoms with E-state index < -0.39 is 10.0 Å². The zero-order chi connectivity index (χ0) is 9.78. The van der Waals surface area contributed by atoms with Gasteiger partial charge < -0.3 is 13.5 Å². The third-order valence-corrected chi connectivity index (χ3v) is 5.35. The third-order valence-electron chi connectivity index (χ3n) is 1.80. The van der Waals surface area contributed by atoms with Crippen LogP contribution in [0, 0.1) is 0 Å². The average molecular weight is 238 g/mol. The highest BCUT2D eigenvalue weighted by atomic mass is 28.3. The molecule has 0 spiro atoms. The molecule has 0 fully saturated rings. The second-order valence-corrected chi connectivity index (χ2v) is 8.42. The van der Waals surface area contributed by atoms with Crippen LogP contribution in [-0.4, -0.2) is 43.3 Å². The first-order valence-electron chi connectivity index (χ1n) is 5.19. The van der Waals surface area contributed by atoms with Gasteiger partial charge >= 0.3 is 0 Å². The fourth-order valence-corrected chi connectivity index (χ4v) is 4.93. The summed E-state index contributed by atoms with van der Waals surface area (Å²) < 4.78 is 10.5. The van der Waals surface area contributed by atoms with E-state index in [1.165, 1.54) is 38.4 Å². The van der Waals surface area contributed by atoms with Gasteiger partial charge in [-0.05, 0) is 32.0 Å². The van der Waals surface area contributed by atoms with Crippen LogP contribution in [0.3, 0.4) is 0 Å². The van der Waals surface area contributed by atoms with Gasteiger partial charge in [0.15, 0.2) is 0 Å². The molecule has 0 aliphatic heterocycles. The minimum Gasteiger partial charge on any atom is -0.449 e.